The molecule has 106 valence electrons. The minimum absolute atomic E-state index is 0.0287. The summed E-state index contributed by atoms with van der Waals surface area (Å²) in [7, 11) is 4.84. The van der Waals surface area contributed by atoms with E-state index >= 15 is 0 Å². The van der Waals surface area contributed by atoms with Crippen molar-refractivity contribution >= 4 is 21.8 Å². The molecule has 19 heavy (non-hydrogen) atoms. The number of amides is 1. The first-order valence-electron chi connectivity index (χ1n) is 5.94. The van der Waals surface area contributed by atoms with E-state index < -0.39 is 0 Å². The minimum atomic E-state index is 0.0287. The van der Waals surface area contributed by atoms with E-state index in [1.165, 1.54) is 0 Å². The number of carbonyl (C=O) groups is 1. The molecule has 0 unspecified atom stereocenters. The van der Waals surface area contributed by atoms with E-state index in [1.807, 2.05) is 12.1 Å². The topological polar surface area (TPSA) is 59.6 Å². The van der Waals surface area contributed by atoms with Crippen molar-refractivity contribution in [2.45, 2.75) is 13.0 Å². The fraction of sp³-hybridized carbons (Fsp3) is 0.462. The van der Waals surface area contributed by atoms with E-state index in [-0.39, 0.29) is 5.91 Å². The molecule has 1 amide bonds. The lowest BCUT2D eigenvalue weighted by Gasteiger charge is -2.12. The highest BCUT2D eigenvalue weighted by molar-refractivity contribution is 9.10. The third-order valence-corrected chi connectivity index (χ3v) is 3.22. The zero-order valence-corrected chi connectivity index (χ0v) is 13.0. The summed E-state index contributed by atoms with van der Waals surface area (Å²) in [5, 5.41) is 5.79. The summed E-state index contributed by atoms with van der Waals surface area (Å²) in [6, 6.07) is 3.88. The standard InChI is InChI=1S/C13H19BrN2O3/c1-15-12(17)4-5-16-8-9-6-10(14)13(19-3)11(7-9)18-2/h6-7,16H,4-5,8H2,1-3H3,(H,15,17). The van der Waals surface area contributed by atoms with Crippen molar-refractivity contribution in [2.75, 3.05) is 27.8 Å². The fourth-order valence-corrected chi connectivity index (χ4v) is 2.28. The molecule has 0 heterocycles. The van der Waals surface area contributed by atoms with Gasteiger partial charge in [-0.1, -0.05) is 0 Å². The maximum absolute atomic E-state index is 11.1. The van der Waals surface area contributed by atoms with Crippen LogP contribution in [0.3, 0.4) is 0 Å². The van der Waals surface area contributed by atoms with Crippen LogP contribution in [0, 0.1) is 0 Å². The Morgan fingerprint density at radius 3 is 2.63 bits per heavy atom. The summed E-state index contributed by atoms with van der Waals surface area (Å²) >= 11 is 3.45. The zero-order chi connectivity index (χ0) is 14.3. The predicted octanol–water partition coefficient (Wildman–Crippen LogP) is 1.69. The van der Waals surface area contributed by atoms with Gasteiger partial charge >= 0.3 is 0 Å². The maximum atomic E-state index is 11.1. The predicted molar refractivity (Wildman–Crippen MR) is 77.6 cm³/mol. The van der Waals surface area contributed by atoms with Crippen LogP contribution < -0.4 is 20.1 Å². The molecule has 2 N–H and O–H groups in total. The highest BCUT2D eigenvalue weighted by Gasteiger charge is 2.10. The molecule has 0 saturated heterocycles. The normalized spacial score (nSPS) is 10.1. The van der Waals surface area contributed by atoms with Crippen LogP contribution in [0.2, 0.25) is 0 Å². The summed E-state index contributed by atoms with van der Waals surface area (Å²) < 4.78 is 11.4. The Bertz CT molecular complexity index is 438. The van der Waals surface area contributed by atoms with E-state index in [2.05, 4.69) is 26.6 Å². The first-order chi connectivity index (χ1) is 9.12. The summed E-state index contributed by atoms with van der Waals surface area (Å²) in [6.07, 6.45) is 0.463. The van der Waals surface area contributed by atoms with Gasteiger partial charge in [0, 0.05) is 26.6 Å². The van der Waals surface area contributed by atoms with E-state index in [0.717, 1.165) is 10.0 Å². The Kier molecular flexibility index (Phi) is 6.66. The molecular weight excluding hydrogens is 312 g/mol. The highest BCUT2D eigenvalue weighted by Crippen LogP contribution is 2.36. The quantitative estimate of drug-likeness (QED) is 0.747. The molecule has 0 saturated carbocycles. The molecule has 0 spiro atoms. The Balaban J connectivity index is 2.59. The number of methoxy groups -OCH3 is 2. The van der Waals surface area contributed by atoms with Crippen molar-refractivity contribution in [1.29, 1.82) is 0 Å². The Morgan fingerprint density at radius 1 is 1.32 bits per heavy atom. The van der Waals surface area contributed by atoms with Crippen LogP contribution in [0.5, 0.6) is 11.5 Å². The SMILES string of the molecule is CNC(=O)CCNCc1cc(Br)c(OC)c(OC)c1. The maximum Gasteiger partial charge on any atom is 0.221 e. The van der Waals surface area contributed by atoms with Crippen LogP contribution in [0.4, 0.5) is 0 Å². The van der Waals surface area contributed by atoms with E-state index in [9.17, 15) is 4.79 Å². The number of ether oxygens (including phenoxy) is 2. The van der Waals surface area contributed by atoms with Crippen molar-refractivity contribution in [2.24, 2.45) is 0 Å². The lowest BCUT2D eigenvalue weighted by molar-refractivity contribution is -0.120. The number of rotatable bonds is 7. The molecule has 1 aromatic rings. The van der Waals surface area contributed by atoms with Gasteiger partial charge in [-0.15, -0.1) is 0 Å². The lowest BCUT2D eigenvalue weighted by atomic mass is 10.2. The van der Waals surface area contributed by atoms with Crippen molar-refractivity contribution in [3.63, 3.8) is 0 Å². The molecule has 0 aliphatic heterocycles. The smallest absolute Gasteiger partial charge is 0.221 e. The molecule has 0 aliphatic rings. The number of halogens is 1. The molecule has 6 heteroatoms. The monoisotopic (exact) mass is 330 g/mol. The van der Waals surface area contributed by atoms with Crippen molar-refractivity contribution < 1.29 is 14.3 Å². The minimum Gasteiger partial charge on any atom is -0.493 e. The van der Waals surface area contributed by atoms with Gasteiger partial charge in [-0.3, -0.25) is 4.79 Å². The second-order valence-electron chi connectivity index (χ2n) is 3.91. The van der Waals surface area contributed by atoms with Crippen LogP contribution in [0.15, 0.2) is 16.6 Å². The van der Waals surface area contributed by atoms with Crippen molar-refractivity contribution in [3.8, 4) is 11.5 Å². The third kappa shape index (κ3) is 4.72. The summed E-state index contributed by atoms with van der Waals surface area (Å²) in [4.78, 5) is 11.1. The first kappa shape index (κ1) is 15.8. The second kappa shape index (κ2) is 8.01. The summed E-state index contributed by atoms with van der Waals surface area (Å²) in [6.45, 7) is 1.29. The molecular formula is C13H19BrN2O3. The van der Waals surface area contributed by atoms with Crippen LogP contribution in [0.1, 0.15) is 12.0 Å². The third-order valence-electron chi connectivity index (χ3n) is 2.63. The average molecular weight is 331 g/mol. The van der Waals surface area contributed by atoms with Gasteiger partial charge in [0.15, 0.2) is 11.5 Å². The van der Waals surface area contributed by atoms with E-state index in [1.54, 1.807) is 21.3 Å². The van der Waals surface area contributed by atoms with Gasteiger partial charge in [0.1, 0.15) is 0 Å². The van der Waals surface area contributed by atoms with Gasteiger partial charge in [0.2, 0.25) is 5.91 Å². The molecule has 0 aromatic heterocycles. The van der Waals surface area contributed by atoms with Crippen LogP contribution in [-0.4, -0.2) is 33.7 Å². The number of carbonyl (C=O) groups excluding carboxylic acids is 1. The average Bonchev–Trinajstić information content (AvgIpc) is 2.42. The number of benzene rings is 1. The molecule has 0 aliphatic carbocycles. The summed E-state index contributed by atoms with van der Waals surface area (Å²) in [5.41, 5.74) is 1.06. The van der Waals surface area contributed by atoms with Crippen LogP contribution >= 0.6 is 15.9 Å². The number of nitrogens with one attached hydrogen (secondary N) is 2. The van der Waals surface area contributed by atoms with Gasteiger partial charge in [0.25, 0.3) is 0 Å². The molecule has 0 radical (unpaired) electrons. The molecule has 0 fully saturated rings. The molecule has 0 bridgehead atoms. The van der Waals surface area contributed by atoms with Gasteiger partial charge in [-0.05, 0) is 33.6 Å². The van der Waals surface area contributed by atoms with Gasteiger partial charge in [0.05, 0.1) is 18.7 Å². The first-order valence-corrected chi connectivity index (χ1v) is 6.73. The molecule has 5 nitrogen and oxygen atoms in total. The van der Waals surface area contributed by atoms with Crippen molar-refractivity contribution in [3.05, 3.63) is 22.2 Å². The fourth-order valence-electron chi connectivity index (χ4n) is 1.63. The molecule has 1 aromatic carbocycles. The largest absolute Gasteiger partial charge is 0.493 e. The van der Waals surface area contributed by atoms with Crippen LogP contribution in [0.25, 0.3) is 0 Å². The van der Waals surface area contributed by atoms with Gasteiger partial charge < -0.3 is 20.1 Å². The van der Waals surface area contributed by atoms with Crippen molar-refractivity contribution in [1.82, 2.24) is 10.6 Å². The van der Waals surface area contributed by atoms with Gasteiger partial charge in [-0.2, -0.15) is 0 Å². The molecule has 1 rings (SSSR count). The van der Waals surface area contributed by atoms with E-state index in [4.69, 9.17) is 9.47 Å². The lowest BCUT2D eigenvalue weighted by Crippen LogP contribution is -2.24. The van der Waals surface area contributed by atoms with Gasteiger partial charge in [-0.25, -0.2) is 0 Å². The zero-order valence-electron chi connectivity index (χ0n) is 11.4. The Labute approximate surface area is 121 Å². The van der Waals surface area contributed by atoms with Crippen LogP contribution in [-0.2, 0) is 11.3 Å². The number of hydrogen-bond donors (Lipinski definition) is 2. The Hall–Kier alpha value is -1.27. The second-order valence-corrected chi connectivity index (χ2v) is 4.77. The summed E-state index contributed by atoms with van der Waals surface area (Å²) in [5.74, 6) is 1.39. The number of hydrogen-bond acceptors (Lipinski definition) is 4. The molecule has 0 atom stereocenters. The highest BCUT2D eigenvalue weighted by atomic mass is 79.9. The van der Waals surface area contributed by atoms with E-state index in [0.29, 0.717) is 31.0 Å². The Morgan fingerprint density at radius 2 is 2.05 bits per heavy atom.